The van der Waals surface area contributed by atoms with E-state index in [0.29, 0.717) is 13.1 Å². The van der Waals surface area contributed by atoms with Gasteiger partial charge in [-0.1, -0.05) is 50.8 Å². The number of aliphatic hydroxyl groups excluding tert-OH is 1. The number of aliphatic hydroxyl groups is 1. The zero-order chi connectivity index (χ0) is 13.4. The van der Waals surface area contributed by atoms with E-state index in [9.17, 15) is 5.11 Å². The smallest absolute Gasteiger partial charge is 0.0669 e. The van der Waals surface area contributed by atoms with Crippen LogP contribution in [0.3, 0.4) is 0 Å². The summed E-state index contributed by atoms with van der Waals surface area (Å²) >= 11 is 0. The van der Waals surface area contributed by atoms with Crippen LogP contribution in [0, 0.1) is 17.3 Å². The molecule has 0 bridgehead atoms. The van der Waals surface area contributed by atoms with Crippen LogP contribution in [0.1, 0.15) is 32.8 Å². The van der Waals surface area contributed by atoms with E-state index in [2.05, 4.69) is 37.9 Å². The van der Waals surface area contributed by atoms with E-state index < -0.39 is 0 Å². The molecule has 0 saturated carbocycles. The third-order valence-electron chi connectivity index (χ3n) is 2.45. The number of hydrogen-bond acceptors (Lipinski definition) is 2. The maximum atomic E-state index is 9.79. The first-order chi connectivity index (χ1) is 8.47. The lowest BCUT2D eigenvalue weighted by Gasteiger charge is -2.22. The number of rotatable bonds is 4. The molecule has 2 N–H and O–H groups in total. The molecule has 1 aromatic carbocycles. The lowest BCUT2D eigenvalue weighted by molar-refractivity contribution is 0.121. The minimum Gasteiger partial charge on any atom is -0.392 e. The van der Waals surface area contributed by atoms with Crippen LogP contribution < -0.4 is 5.32 Å². The second kappa shape index (κ2) is 7.20. The molecule has 1 rings (SSSR count). The summed E-state index contributed by atoms with van der Waals surface area (Å²) in [6.45, 7) is 7.60. The van der Waals surface area contributed by atoms with Gasteiger partial charge in [0.1, 0.15) is 0 Å². The molecule has 0 spiro atoms. The standard InChI is InChI=1S/C16H23NO/c1-16(2,3)12-15(18)13-17-11-7-10-14-8-5-4-6-9-14/h4-6,8-9,15,17-18H,11-13H2,1-3H3. The Labute approximate surface area is 110 Å². The Balaban J connectivity index is 2.21. The van der Waals surface area contributed by atoms with Crippen molar-refractivity contribution in [1.29, 1.82) is 0 Å². The highest BCUT2D eigenvalue weighted by Crippen LogP contribution is 2.20. The van der Waals surface area contributed by atoms with E-state index in [0.717, 1.165) is 12.0 Å². The maximum Gasteiger partial charge on any atom is 0.0669 e. The van der Waals surface area contributed by atoms with Crippen LogP contribution in [0.2, 0.25) is 0 Å². The van der Waals surface area contributed by atoms with E-state index in [1.807, 2.05) is 30.3 Å². The highest BCUT2D eigenvalue weighted by Gasteiger charge is 2.15. The van der Waals surface area contributed by atoms with Gasteiger partial charge in [0.15, 0.2) is 0 Å². The van der Waals surface area contributed by atoms with Crippen LogP contribution in [0.25, 0.3) is 0 Å². The second-order valence-corrected chi connectivity index (χ2v) is 5.72. The molecule has 0 aliphatic carbocycles. The van der Waals surface area contributed by atoms with E-state index in [1.165, 1.54) is 0 Å². The van der Waals surface area contributed by atoms with Crippen molar-refractivity contribution in [2.45, 2.75) is 33.3 Å². The zero-order valence-corrected chi connectivity index (χ0v) is 11.5. The van der Waals surface area contributed by atoms with Gasteiger partial charge >= 0.3 is 0 Å². The molecule has 2 nitrogen and oxygen atoms in total. The highest BCUT2D eigenvalue weighted by molar-refractivity contribution is 5.33. The van der Waals surface area contributed by atoms with Crippen molar-refractivity contribution in [3.63, 3.8) is 0 Å². The molecule has 0 aromatic heterocycles. The SMILES string of the molecule is CC(C)(C)CC(O)CNCC#Cc1ccccc1. The summed E-state index contributed by atoms with van der Waals surface area (Å²) in [5, 5.41) is 12.9. The maximum absolute atomic E-state index is 9.79. The van der Waals surface area contributed by atoms with Crippen molar-refractivity contribution in [2.75, 3.05) is 13.1 Å². The van der Waals surface area contributed by atoms with Crippen LogP contribution in [0.5, 0.6) is 0 Å². The van der Waals surface area contributed by atoms with Gasteiger partial charge in [0, 0.05) is 12.1 Å². The molecule has 98 valence electrons. The van der Waals surface area contributed by atoms with Gasteiger partial charge in [-0.15, -0.1) is 0 Å². The minimum atomic E-state index is -0.302. The topological polar surface area (TPSA) is 32.3 Å². The summed E-state index contributed by atoms with van der Waals surface area (Å²) in [4.78, 5) is 0. The zero-order valence-electron chi connectivity index (χ0n) is 11.5. The van der Waals surface area contributed by atoms with Crippen LogP contribution in [-0.4, -0.2) is 24.3 Å². The molecular formula is C16H23NO. The second-order valence-electron chi connectivity index (χ2n) is 5.72. The number of benzene rings is 1. The summed E-state index contributed by atoms with van der Waals surface area (Å²) < 4.78 is 0. The fraction of sp³-hybridized carbons (Fsp3) is 0.500. The molecule has 1 atom stereocenters. The summed E-state index contributed by atoms with van der Waals surface area (Å²) in [5.41, 5.74) is 1.19. The van der Waals surface area contributed by atoms with Crippen molar-refractivity contribution in [3.05, 3.63) is 35.9 Å². The Hall–Kier alpha value is -1.30. The van der Waals surface area contributed by atoms with E-state index in [4.69, 9.17) is 0 Å². The lowest BCUT2D eigenvalue weighted by atomic mass is 9.89. The van der Waals surface area contributed by atoms with Gasteiger partial charge in [-0.05, 0) is 24.0 Å². The molecule has 0 saturated heterocycles. The van der Waals surface area contributed by atoms with Gasteiger partial charge in [0.2, 0.25) is 0 Å². The molecule has 0 heterocycles. The lowest BCUT2D eigenvalue weighted by Crippen LogP contribution is -2.30. The molecule has 0 radical (unpaired) electrons. The predicted molar refractivity (Wildman–Crippen MR) is 76.3 cm³/mol. The molecule has 0 aliphatic heterocycles. The molecule has 0 fully saturated rings. The third kappa shape index (κ3) is 7.11. The Morgan fingerprint density at radius 1 is 1.22 bits per heavy atom. The monoisotopic (exact) mass is 245 g/mol. The molecule has 2 heteroatoms. The largest absolute Gasteiger partial charge is 0.392 e. The van der Waals surface area contributed by atoms with Gasteiger partial charge in [0.05, 0.1) is 12.6 Å². The number of hydrogen-bond donors (Lipinski definition) is 2. The summed E-state index contributed by atoms with van der Waals surface area (Å²) in [7, 11) is 0. The van der Waals surface area contributed by atoms with Gasteiger partial charge in [0.25, 0.3) is 0 Å². The Kier molecular flexibility index (Phi) is 5.91. The van der Waals surface area contributed by atoms with Crippen molar-refractivity contribution in [3.8, 4) is 11.8 Å². The molecule has 0 amide bonds. The fourth-order valence-corrected chi connectivity index (χ4v) is 1.75. The quantitative estimate of drug-likeness (QED) is 0.631. The first-order valence-corrected chi connectivity index (χ1v) is 6.40. The summed E-state index contributed by atoms with van der Waals surface area (Å²) in [6, 6.07) is 9.91. The molecule has 18 heavy (non-hydrogen) atoms. The van der Waals surface area contributed by atoms with Gasteiger partial charge in [-0.3, -0.25) is 0 Å². The molecule has 1 unspecified atom stereocenters. The Bertz CT molecular complexity index is 395. The van der Waals surface area contributed by atoms with Crippen molar-refractivity contribution >= 4 is 0 Å². The minimum absolute atomic E-state index is 0.164. The summed E-state index contributed by atoms with van der Waals surface area (Å²) in [6.07, 6.45) is 0.495. The average molecular weight is 245 g/mol. The predicted octanol–water partition coefficient (Wildman–Crippen LogP) is 2.42. The molecule has 0 aliphatic rings. The Morgan fingerprint density at radius 2 is 1.89 bits per heavy atom. The first kappa shape index (κ1) is 14.8. The van der Waals surface area contributed by atoms with Crippen molar-refractivity contribution in [2.24, 2.45) is 5.41 Å². The van der Waals surface area contributed by atoms with Gasteiger partial charge in [-0.2, -0.15) is 0 Å². The van der Waals surface area contributed by atoms with Crippen LogP contribution >= 0.6 is 0 Å². The van der Waals surface area contributed by atoms with Crippen LogP contribution in [-0.2, 0) is 0 Å². The van der Waals surface area contributed by atoms with E-state index >= 15 is 0 Å². The number of nitrogens with one attached hydrogen (secondary N) is 1. The van der Waals surface area contributed by atoms with Gasteiger partial charge in [-0.25, -0.2) is 0 Å². The van der Waals surface area contributed by atoms with E-state index in [-0.39, 0.29) is 11.5 Å². The highest BCUT2D eigenvalue weighted by atomic mass is 16.3. The Morgan fingerprint density at radius 3 is 2.50 bits per heavy atom. The van der Waals surface area contributed by atoms with Crippen molar-refractivity contribution in [1.82, 2.24) is 5.32 Å². The average Bonchev–Trinajstić information content (AvgIpc) is 2.27. The van der Waals surface area contributed by atoms with Gasteiger partial charge < -0.3 is 10.4 Å². The van der Waals surface area contributed by atoms with Crippen LogP contribution in [0.4, 0.5) is 0 Å². The molecular weight excluding hydrogens is 222 g/mol. The third-order valence-corrected chi connectivity index (χ3v) is 2.45. The van der Waals surface area contributed by atoms with Crippen molar-refractivity contribution < 1.29 is 5.11 Å². The first-order valence-electron chi connectivity index (χ1n) is 6.40. The molecule has 1 aromatic rings. The normalized spacial score (nSPS) is 12.7. The summed E-state index contributed by atoms with van der Waals surface area (Å²) in [5.74, 6) is 6.12. The van der Waals surface area contributed by atoms with E-state index in [1.54, 1.807) is 0 Å². The fourth-order valence-electron chi connectivity index (χ4n) is 1.75. The van der Waals surface area contributed by atoms with Crippen LogP contribution in [0.15, 0.2) is 30.3 Å².